The highest BCUT2D eigenvalue weighted by atomic mass is 32.2. The summed E-state index contributed by atoms with van der Waals surface area (Å²) in [5, 5.41) is 3.02. The van der Waals surface area contributed by atoms with E-state index in [0.29, 0.717) is 11.8 Å². The van der Waals surface area contributed by atoms with Crippen LogP contribution in [-0.4, -0.2) is 17.7 Å². The summed E-state index contributed by atoms with van der Waals surface area (Å²) in [5.41, 5.74) is 2.55. The molecular formula is C15H23NOS. The molecule has 0 fully saturated rings. The number of carbonyl (C=O) groups is 1. The maximum absolute atomic E-state index is 11.6. The van der Waals surface area contributed by atoms with Crippen molar-refractivity contribution in [2.24, 2.45) is 0 Å². The van der Waals surface area contributed by atoms with Crippen LogP contribution in [-0.2, 0) is 10.5 Å². The lowest BCUT2D eigenvalue weighted by molar-refractivity contribution is -0.119. The van der Waals surface area contributed by atoms with Crippen molar-refractivity contribution in [3.05, 3.63) is 35.4 Å². The molecule has 1 aromatic rings. The van der Waals surface area contributed by atoms with Crippen LogP contribution in [0.15, 0.2) is 24.3 Å². The van der Waals surface area contributed by atoms with E-state index in [-0.39, 0.29) is 5.91 Å². The molecule has 18 heavy (non-hydrogen) atoms. The minimum atomic E-state index is 0.146. The molecule has 0 spiro atoms. The highest BCUT2D eigenvalue weighted by Gasteiger charge is 2.06. The molecule has 0 saturated heterocycles. The van der Waals surface area contributed by atoms with Crippen molar-refractivity contribution in [2.45, 2.75) is 45.4 Å². The number of hydrogen-bond donors (Lipinski definition) is 1. The van der Waals surface area contributed by atoms with E-state index < -0.39 is 0 Å². The van der Waals surface area contributed by atoms with Crippen LogP contribution in [0, 0.1) is 6.92 Å². The first kappa shape index (κ1) is 15.1. The fourth-order valence-electron chi connectivity index (χ4n) is 1.77. The van der Waals surface area contributed by atoms with Crippen molar-refractivity contribution in [1.82, 2.24) is 5.32 Å². The van der Waals surface area contributed by atoms with Gasteiger partial charge in [0, 0.05) is 11.8 Å². The Morgan fingerprint density at radius 2 is 2.00 bits per heavy atom. The molecule has 0 aliphatic carbocycles. The molecule has 100 valence electrons. The summed E-state index contributed by atoms with van der Waals surface area (Å²) in [7, 11) is 0. The molecule has 0 aliphatic rings. The summed E-state index contributed by atoms with van der Waals surface area (Å²) in [6.07, 6.45) is 2.16. The summed E-state index contributed by atoms with van der Waals surface area (Å²) in [6, 6.07) is 8.76. The maximum atomic E-state index is 11.6. The third-order valence-electron chi connectivity index (χ3n) is 2.75. The van der Waals surface area contributed by atoms with E-state index in [1.807, 2.05) is 0 Å². The van der Waals surface area contributed by atoms with Crippen LogP contribution in [0.3, 0.4) is 0 Å². The van der Waals surface area contributed by atoms with Crippen LogP contribution in [0.1, 0.15) is 37.8 Å². The van der Waals surface area contributed by atoms with Gasteiger partial charge in [0.2, 0.25) is 5.91 Å². The molecule has 1 N–H and O–H groups in total. The van der Waals surface area contributed by atoms with Crippen LogP contribution in [0.5, 0.6) is 0 Å². The Morgan fingerprint density at radius 1 is 1.33 bits per heavy atom. The number of thioether (sulfide) groups is 1. The Kier molecular flexibility index (Phi) is 6.88. The van der Waals surface area contributed by atoms with Crippen LogP contribution >= 0.6 is 11.8 Å². The van der Waals surface area contributed by atoms with Gasteiger partial charge in [-0.25, -0.2) is 0 Å². The van der Waals surface area contributed by atoms with Crippen LogP contribution in [0.4, 0.5) is 0 Å². The summed E-state index contributed by atoms with van der Waals surface area (Å²) in [4.78, 5) is 11.6. The third-order valence-corrected chi connectivity index (χ3v) is 3.76. The molecule has 0 bridgehead atoms. The van der Waals surface area contributed by atoms with E-state index in [0.717, 1.165) is 18.6 Å². The second kappa shape index (κ2) is 8.20. The molecule has 0 saturated carbocycles. The van der Waals surface area contributed by atoms with Gasteiger partial charge in [-0.2, -0.15) is 0 Å². The predicted octanol–water partition coefficient (Wildman–Crippen LogP) is 3.53. The SMILES string of the molecule is CCC[C@H](C)NC(=O)CSCc1ccc(C)cc1. The minimum absolute atomic E-state index is 0.146. The molecular weight excluding hydrogens is 242 g/mol. The van der Waals surface area contributed by atoms with E-state index in [4.69, 9.17) is 0 Å². The van der Waals surface area contributed by atoms with Crippen molar-refractivity contribution in [1.29, 1.82) is 0 Å². The van der Waals surface area contributed by atoms with Gasteiger partial charge in [0.1, 0.15) is 0 Å². The first-order valence-corrected chi connectivity index (χ1v) is 7.70. The monoisotopic (exact) mass is 265 g/mol. The molecule has 3 heteroatoms. The largest absolute Gasteiger partial charge is 0.353 e. The fourth-order valence-corrected chi connectivity index (χ4v) is 2.57. The van der Waals surface area contributed by atoms with Crippen molar-refractivity contribution in [2.75, 3.05) is 5.75 Å². The zero-order chi connectivity index (χ0) is 13.4. The number of rotatable bonds is 7. The smallest absolute Gasteiger partial charge is 0.230 e. The van der Waals surface area contributed by atoms with Crippen molar-refractivity contribution in [3.63, 3.8) is 0 Å². The lowest BCUT2D eigenvalue weighted by Crippen LogP contribution is -2.33. The van der Waals surface area contributed by atoms with E-state index in [1.54, 1.807) is 11.8 Å². The Bertz CT molecular complexity index is 361. The average Bonchev–Trinajstić information content (AvgIpc) is 2.32. The van der Waals surface area contributed by atoms with Crippen LogP contribution < -0.4 is 5.32 Å². The highest BCUT2D eigenvalue weighted by Crippen LogP contribution is 2.12. The Hall–Kier alpha value is -0.960. The standard InChI is InChI=1S/C15H23NOS/c1-4-5-13(3)16-15(17)11-18-10-14-8-6-12(2)7-9-14/h6-9,13H,4-5,10-11H2,1-3H3,(H,16,17)/t13-/m0/s1. The van der Waals surface area contributed by atoms with Crippen LogP contribution in [0.25, 0.3) is 0 Å². The molecule has 1 rings (SSSR count). The lowest BCUT2D eigenvalue weighted by Gasteiger charge is -2.12. The number of nitrogens with one attached hydrogen (secondary N) is 1. The van der Waals surface area contributed by atoms with Gasteiger partial charge >= 0.3 is 0 Å². The fraction of sp³-hybridized carbons (Fsp3) is 0.533. The zero-order valence-corrected chi connectivity index (χ0v) is 12.3. The first-order chi connectivity index (χ1) is 8.61. The van der Waals surface area contributed by atoms with Gasteiger partial charge in [-0.1, -0.05) is 43.2 Å². The predicted molar refractivity (Wildman–Crippen MR) is 79.9 cm³/mol. The van der Waals surface area contributed by atoms with Crippen molar-refractivity contribution >= 4 is 17.7 Å². The number of benzene rings is 1. The van der Waals surface area contributed by atoms with Crippen molar-refractivity contribution < 1.29 is 4.79 Å². The Morgan fingerprint density at radius 3 is 2.61 bits per heavy atom. The Labute approximate surface area is 115 Å². The molecule has 1 aromatic carbocycles. The Balaban J connectivity index is 2.21. The molecule has 0 aliphatic heterocycles. The third kappa shape index (κ3) is 6.10. The minimum Gasteiger partial charge on any atom is -0.353 e. The average molecular weight is 265 g/mol. The van der Waals surface area contributed by atoms with E-state index >= 15 is 0 Å². The second-order valence-electron chi connectivity index (χ2n) is 4.74. The summed E-state index contributed by atoms with van der Waals surface area (Å²) in [5.74, 6) is 1.59. The van der Waals surface area contributed by atoms with Gasteiger partial charge in [0.25, 0.3) is 0 Å². The van der Waals surface area contributed by atoms with E-state index in [9.17, 15) is 4.79 Å². The molecule has 0 heterocycles. The van der Waals surface area contributed by atoms with Crippen molar-refractivity contribution in [3.8, 4) is 0 Å². The van der Waals surface area contributed by atoms with Gasteiger partial charge in [-0.3, -0.25) is 4.79 Å². The van der Waals surface area contributed by atoms with Crippen LogP contribution in [0.2, 0.25) is 0 Å². The molecule has 0 aromatic heterocycles. The molecule has 1 atom stereocenters. The molecule has 1 amide bonds. The lowest BCUT2D eigenvalue weighted by atomic mass is 10.2. The maximum Gasteiger partial charge on any atom is 0.230 e. The first-order valence-electron chi connectivity index (χ1n) is 6.54. The quantitative estimate of drug-likeness (QED) is 0.817. The van der Waals surface area contributed by atoms with Gasteiger partial charge in [-0.05, 0) is 25.8 Å². The number of hydrogen-bond acceptors (Lipinski definition) is 2. The van der Waals surface area contributed by atoms with Gasteiger partial charge in [0.05, 0.1) is 5.75 Å². The summed E-state index contributed by atoms with van der Waals surface area (Å²) in [6.45, 7) is 6.28. The van der Waals surface area contributed by atoms with Gasteiger partial charge < -0.3 is 5.32 Å². The molecule has 0 radical (unpaired) electrons. The zero-order valence-electron chi connectivity index (χ0n) is 11.5. The second-order valence-corrected chi connectivity index (χ2v) is 5.72. The van der Waals surface area contributed by atoms with Gasteiger partial charge in [-0.15, -0.1) is 11.8 Å². The summed E-state index contributed by atoms with van der Waals surface area (Å²) < 4.78 is 0. The highest BCUT2D eigenvalue weighted by molar-refractivity contribution is 7.99. The topological polar surface area (TPSA) is 29.1 Å². The summed E-state index contributed by atoms with van der Waals surface area (Å²) >= 11 is 1.67. The van der Waals surface area contributed by atoms with E-state index in [1.165, 1.54) is 11.1 Å². The van der Waals surface area contributed by atoms with E-state index in [2.05, 4.69) is 50.4 Å². The molecule has 2 nitrogen and oxygen atoms in total. The number of carbonyl (C=O) groups excluding carboxylic acids is 1. The molecule has 0 unspecified atom stereocenters. The van der Waals surface area contributed by atoms with Gasteiger partial charge in [0.15, 0.2) is 0 Å². The normalized spacial score (nSPS) is 12.2. The number of aryl methyl sites for hydroxylation is 1. The number of amides is 1.